The second-order valence-corrected chi connectivity index (χ2v) is 6.15. The average molecular weight is 289 g/mol. The molecule has 0 aliphatic carbocycles. The molecule has 21 heavy (non-hydrogen) atoms. The number of nitrogens with zero attached hydrogens (tertiary/aromatic N) is 2. The third-order valence-electron chi connectivity index (χ3n) is 4.74. The van der Waals surface area contributed by atoms with Gasteiger partial charge in [0.1, 0.15) is 5.75 Å². The molecular weight excluding hydrogens is 262 g/mol. The molecule has 1 atom stereocenters. The van der Waals surface area contributed by atoms with Gasteiger partial charge < -0.3 is 15.4 Å². The highest BCUT2D eigenvalue weighted by molar-refractivity contribution is 5.32. The molecular formula is C17H27N3O. The molecule has 4 nitrogen and oxygen atoms in total. The number of ether oxygens (including phenoxy) is 1. The first-order chi connectivity index (χ1) is 10.4. The number of hydrogen-bond donors (Lipinski definition) is 1. The summed E-state index contributed by atoms with van der Waals surface area (Å²) in [5, 5.41) is 0. The molecule has 4 heteroatoms. The molecule has 0 spiro atoms. The molecule has 0 aromatic heterocycles. The lowest BCUT2D eigenvalue weighted by molar-refractivity contribution is 0.0996. The Morgan fingerprint density at radius 3 is 3.00 bits per heavy atom. The van der Waals surface area contributed by atoms with Crippen LogP contribution < -0.4 is 10.5 Å². The van der Waals surface area contributed by atoms with Crippen LogP contribution in [0.25, 0.3) is 0 Å². The van der Waals surface area contributed by atoms with E-state index in [0.717, 1.165) is 36.9 Å². The first kappa shape index (κ1) is 14.8. The van der Waals surface area contributed by atoms with Crippen LogP contribution in [0.5, 0.6) is 5.75 Å². The summed E-state index contributed by atoms with van der Waals surface area (Å²) in [6.45, 7) is 7.51. The van der Waals surface area contributed by atoms with Gasteiger partial charge in [0.25, 0.3) is 0 Å². The van der Waals surface area contributed by atoms with Crippen LogP contribution >= 0.6 is 0 Å². The molecule has 116 valence electrons. The maximum absolute atomic E-state index is 5.89. The van der Waals surface area contributed by atoms with E-state index in [1.54, 1.807) is 0 Å². The van der Waals surface area contributed by atoms with Gasteiger partial charge in [0, 0.05) is 44.3 Å². The van der Waals surface area contributed by atoms with Gasteiger partial charge in [0.05, 0.1) is 6.61 Å². The Morgan fingerprint density at radius 1 is 1.19 bits per heavy atom. The van der Waals surface area contributed by atoms with Crippen LogP contribution in [0.2, 0.25) is 0 Å². The fraction of sp³-hybridized carbons (Fsp3) is 0.647. The maximum Gasteiger partial charge on any atom is 0.123 e. The smallest absolute Gasteiger partial charge is 0.123 e. The van der Waals surface area contributed by atoms with Crippen molar-refractivity contribution in [1.82, 2.24) is 9.80 Å². The lowest BCUT2D eigenvalue weighted by atomic mass is 10.1. The zero-order valence-corrected chi connectivity index (χ0v) is 12.8. The number of fused-ring (bicyclic) bond motifs is 1. The normalized spacial score (nSPS) is 23.2. The summed E-state index contributed by atoms with van der Waals surface area (Å²) in [7, 11) is 0. The van der Waals surface area contributed by atoms with E-state index in [-0.39, 0.29) is 0 Å². The third kappa shape index (κ3) is 3.76. The van der Waals surface area contributed by atoms with E-state index in [1.807, 2.05) is 24.3 Å². The van der Waals surface area contributed by atoms with Crippen LogP contribution in [-0.2, 0) is 6.54 Å². The Bertz CT molecular complexity index is 451. The van der Waals surface area contributed by atoms with E-state index in [4.69, 9.17) is 10.5 Å². The summed E-state index contributed by atoms with van der Waals surface area (Å²) in [5.41, 5.74) is 6.82. The summed E-state index contributed by atoms with van der Waals surface area (Å²) >= 11 is 0. The Balaban J connectivity index is 1.38. The molecule has 2 aliphatic heterocycles. The minimum atomic E-state index is 0.541. The number of piperazine rings is 1. The lowest BCUT2D eigenvalue weighted by Crippen LogP contribution is -2.50. The molecule has 2 fully saturated rings. The Kier molecular flexibility index (Phi) is 5.12. The fourth-order valence-electron chi connectivity index (χ4n) is 3.54. The predicted octanol–water partition coefficient (Wildman–Crippen LogP) is 1.69. The van der Waals surface area contributed by atoms with E-state index < -0.39 is 0 Å². The second kappa shape index (κ2) is 7.25. The summed E-state index contributed by atoms with van der Waals surface area (Å²) in [4.78, 5) is 5.26. The topological polar surface area (TPSA) is 41.7 Å². The number of para-hydroxylation sites is 1. The van der Waals surface area contributed by atoms with Crippen molar-refractivity contribution >= 4 is 0 Å². The van der Waals surface area contributed by atoms with Gasteiger partial charge in [-0.2, -0.15) is 0 Å². The molecule has 2 heterocycles. The summed E-state index contributed by atoms with van der Waals surface area (Å²) in [6.07, 6.45) is 3.86. The highest BCUT2D eigenvalue weighted by Crippen LogP contribution is 2.21. The van der Waals surface area contributed by atoms with Crippen molar-refractivity contribution in [1.29, 1.82) is 0 Å². The van der Waals surface area contributed by atoms with Crippen LogP contribution in [0.3, 0.4) is 0 Å². The van der Waals surface area contributed by atoms with Crippen LogP contribution in [0.15, 0.2) is 24.3 Å². The minimum absolute atomic E-state index is 0.541. The summed E-state index contributed by atoms with van der Waals surface area (Å²) in [6, 6.07) is 8.88. The summed E-state index contributed by atoms with van der Waals surface area (Å²) in [5.74, 6) is 0.945. The van der Waals surface area contributed by atoms with Gasteiger partial charge in [0.2, 0.25) is 0 Å². The number of hydrogen-bond acceptors (Lipinski definition) is 4. The van der Waals surface area contributed by atoms with E-state index in [9.17, 15) is 0 Å². The molecule has 2 saturated heterocycles. The van der Waals surface area contributed by atoms with Crippen molar-refractivity contribution < 1.29 is 4.74 Å². The molecule has 1 aromatic carbocycles. The van der Waals surface area contributed by atoms with E-state index in [0.29, 0.717) is 6.54 Å². The van der Waals surface area contributed by atoms with Crippen LogP contribution in [0.4, 0.5) is 0 Å². The molecule has 2 N–H and O–H groups in total. The minimum Gasteiger partial charge on any atom is -0.493 e. The van der Waals surface area contributed by atoms with Crippen molar-refractivity contribution in [3.05, 3.63) is 29.8 Å². The van der Waals surface area contributed by atoms with E-state index in [2.05, 4.69) is 9.80 Å². The van der Waals surface area contributed by atoms with Gasteiger partial charge in [-0.3, -0.25) is 4.90 Å². The molecule has 0 amide bonds. The van der Waals surface area contributed by atoms with Gasteiger partial charge in [-0.1, -0.05) is 18.2 Å². The Hall–Kier alpha value is -1.10. The fourth-order valence-corrected chi connectivity index (χ4v) is 3.54. The van der Waals surface area contributed by atoms with Gasteiger partial charge in [0.15, 0.2) is 0 Å². The van der Waals surface area contributed by atoms with Crippen molar-refractivity contribution in [3.8, 4) is 5.75 Å². The summed E-state index contributed by atoms with van der Waals surface area (Å²) < 4.78 is 5.89. The molecule has 1 unspecified atom stereocenters. The predicted molar refractivity (Wildman–Crippen MR) is 85.5 cm³/mol. The standard InChI is InChI=1S/C17H27N3O/c18-13-15-5-1-2-7-17(15)21-12-4-8-19-10-11-20-9-3-6-16(20)14-19/h1-2,5,7,16H,3-4,6,8-14,18H2. The van der Waals surface area contributed by atoms with Crippen molar-refractivity contribution in [2.75, 3.05) is 39.3 Å². The largest absolute Gasteiger partial charge is 0.493 e. The van der Waals surface area contributed by atoms with Crippen molar-refractivity contribution in [2.24, 2.45) is 5.73 Å². The maximum atomic E-state index is 5.89. The third-order valence-corrected chi connectivity index (χ3v) is 4.74. The van der Waals surface area contributed by atoms with Crippen molar-refractivity contribution in [2.45, 2.75) is 31.8 Å². The monoisotopic (exact) mass is 289 g/mol. The van der Waals surface area contributed by atoms with Gasteiger partial charge in [-0.15, -0.1) is 0 Å². The highest BCUT2D eigenvalue weighted by atomic mass is 16.5. The molecule has 1 aromatic rings. The lowest BCUT2D eigenvalue weighted by Gasteiger charge is -2.37. The highest BCUT2D eigenvalue weighted by Gasteiger charge is 2.29. The second-order valence-electron chi connectivity index (χ2n) is 6.15. The molecule has 0 bridgehead atoms. The SMILES string of the molecule is NCc1ccccc1OCCCN1CCN2CCCC2C1. The number of rotatable bonds is 6. The van der Waals surface area contributed by atoms with Crippen LogP contribution in [0, 0.1) is 0 Å². The Morgan fingerprint density at radius 2 is 2.10 bits per heavy atom. The van der Waals surface area contributed by atoms with Gasteiger partial charge >= 0.3 is 0 Å². The quantitative estimate of drug-likeness (QED) is 0.809. The Labute approximate surface area is 127 Å². The van der Waals surface area contributed by atoms with Crippen LogP contribution in [-0.4, -0.2) is 55.2 Å². The first-order valence-electron chi connectivity index (χ1n) is 8.24. The molecule has 0 saturated carbocycles. The zero-order chi connectivity index (χ0) is 14.5. The van der Waals surface area contributed by atoms with Gasteiger partial charge in [-0.05, 0) is 31.9 Å². The number of nitrogens with two attached hydrogens (primary N) is 1. The van der Waals surface area contributed by atoms with Crippen LogP contribution in [0.1, 0.15) is 24.8 Å². The molecule has 2 aliphatic rings. The molecule has 0 radical (unpaired) electrons. The van der Waals surface area contributed by atoms with Crippen molar-refractivity contribution in [3.63, 3.8) is 0 Å². The first-order valence-corrected chi connectivity index (χ1v) is 8.24. The zero-order valence-electron chi connectivity index (χ0n) is 12.8. The molecule has 3 rings (SSSR count). The van der Waals surface area contributed by atoms with E-state index in [1.165, 1.54) is 39.0 Å². The van der Waals surface area contributed by atoms with Gasteiger partial charge in [-0.25, -0.2) is 0 Å². The average Bonchev–Trinajstić information content (AvgIpc) is 2.99. The van der Waals surface area contributed by atoms with E-state index >= 15 is 0 Å². The number of benzene rings is 1.